The SMILES string of the molecule is CCC(=O)N1CCN(c2nc(N3CCNCC3)c3c(c2C#N)CN(c2cccc4ccccc24)CC3)CC1.Cl. The molecule has 204 valence electrons. The van der Waals surface area contributed by atoms with Crippen molar-refractivity contribution in [2.75, 3.05) is 73.6 Å². The number of nitriles is 1. The highest BCUT2D eigenvalue weighted by Gasteiger charge is 2.32. The zero-order valence-corrected chi connectivity index (χ0v) is 23.3. The maximum Gasteiger partial charge on any atom is 0.222 e. The molecule has 8 nitrogen and oxygen atoms in total. The summed E-state index contributed by atoms with van der Waals surface area (Å²) in [5, 5.41) is 16.4. The van der Waals surface area contributed by atoms with Crippen LogP contribution in [0.15, 0.2) is 42.5 Å². The van der Waals surface area contributed by atoms with Crippen LogP contribution in [0.4, 0.5) is 17.3 Å². The molecular weight excluding hydrogens is 510 g/mol. The number of benzene rings is 2. The summed E-state index contributed by atoms with van der Waals surface area (Å²) < 4.78 is 0. The van der Waals surface area contributed by atoms with Crippen molar-refractivity contribution in [2.45, 2.75) is 26.3 Å². The monoisotopic (exact) mass is 545 g/mol. The molecule has 0 radical (unpaired) electrons. The molecule has 0 aliphatic carbocycles. The zero-order chi connectivity index (χ0) is 26.1. The molecule has 6 rings (SSSR count). The number of hydrogen-bond acceptors (Lipinski definition) is 7. The zero-order valence-electron chi connectivity index (χ0n) is 22.5. The standard InChI is InChI=1S/C30H35N7O.ClH/c1-2-28(38)34-16-18-36(19-17-34)30-25(20-31)26-21-37(27-9-5-7-22-6-3-4-8-23(22)27)13-10-24(26)29(33-30)35-14-11-32-12-15-35;/h3-9,32H,2,10-19,21H2,1H3;1H. The van der Waals surface area contributed by atoms with Crippen LogP contribution >= 0.6 is 12.4 Å². The molecule has 2 aromatic carbocycles. The second-order valence-corrected chi connectivity index (χ2v) is 10.3. The third-order valence-corrected chi connectivity index (χ3v) is 8.22. The fraction of sp³-hybridized carbons (Fsp3) is 0.433. The van der Waals surface area contributed by atoms with Crippen molar-refractivity contribution in [3.63, 3.8) is 0 Å². The van der Waals surface area contributed by atoms with Crippen LogP contribution in [0.5, 0.6) is 0 Å². The highest BCUT2D eigenvalue weighted by Crippen LogP contribution is 2.38. The maximum absolute atomic E-state index is 12.3. The van der Waals surface area contributed by atoms with Crippen LogP contribution in [0.2, 0.25) is 0 Å². The van der Waals surface area contributed by atoms with Crippen molar-refractivity contribution >= 4 is 46.4 Å². The van der Waals surface area contributed by atoms with Crippen LogP contribution in [0.25, 0.3) is 10.8 Å². The van der Waals surface area contributed by atoms with Gasteiger partial charge in [0, 0.05) is 88.5 Å². The number of amides is 1. The molecule has 0 atom stereocenters. The van der Waals surface area contributed by atoms with Crippen LogP contribution < -0.4 is 20.0 Å². The van der Waals surface area contributed by atoms with Gasteiger partial charge in [0.1, 0.15) is 17.7 Å². The number of pyridine rings is 1. The van der Waals surface area contributed by atoms with Gasteiger partial charge in [0.05, 0.1) is 5.56 Å². The minimum absolute atomic E-state index is 0. The first-order valence-electron chi connectivity index (χ1n) is 13.8. The maximum atomic E-state index is 12.3. The third kappa shape index (κ3) is 5.09. The van der Waals surface area contributed by atoms with Crippen LogP contribution in [0.1, 0.15) is 30.0 Å². The van der Waals surface area contributed by atoms with Crippen LogP contribution in [-0.4, -0.2) is 74.7 Å². The molecule has 1 N–H and O–H groups in total. The van der Waals surface area contributed by atoms with Crippen molar-refractivity contribution in [1.29, 1.82) is 5.26 Å². The van der Waals surface area contributed by atoms with Gasteiger partial charge in [-0.15, -0.1) is 12.4 Å². The Labute approximate surface area is 236 Å². The number of carbonyl (C=O) groups is 1. The summed E-state index contributed by atoms with van der Waals surface area (Å²) >= 11 is 0. The van der Waals surface area contributed by atoms with Crippen LogP contribution in [0, 0.1) is 11.3 Å². The fourth-order valence-electron chi connectivity index (χ4n) is 6.16. The van der Waals surface area contributed by atoms with Gasteiger partial charge in [-0.05, 0) is 23.4 Å². The number of piperazine rings is 2. The minimum atomic E-state index is 0. The largest absolute Gasteiger partial charge is 0.366 e. The third-order valence-electron chi connectivity index (χ3n) is 8.22. The van der Waals surface area contributed by atoms with Gasteiger partial charge < -0.3 is 24.9 Å². The Morgan fingerprint density at radius 1 is 0.897 bits per heavy atom. The Bertz CT molecular complexity index is 1380. The van der Waals surface area contributed by atoms with Crippen molar-refractivity contribution < 1.29 is 4.79 Å². The summed E-state index contributed by atoms with van der Waals surface area (Å²) in [6, 6.07) is 17.6. The fourth-order valence-corrected chi connectivity index (χ4v) is 6.16. The summed E-state index contributed by atoms with van der Waals surface area (Å²) in [7, 11) is 0. The average Bonchev–Trinajstić information content (AvgIpc) is 2.99. The van der Waals surface area contributed by atoms with E-state index in [1.54, 1.807) is 0 Å². The Morgan fingerprint density at radius 3 is 2.36 bits per heavy atom. The number of carbonyl (C=O) groups excluding carboxylic acids is 1. The van der Waals surface area contributed by atoms with Gasteiger partial charge in [-0.2, -0.15) is 5.26 Å². The highest BCUT2D eigenvalue weighted by atomic mass is 35.5. The van der Waals surface area contributed by atoms with Crippen LogP contribution in [-0.2, 0) is 17.8 Å². The summed E-state index contributed by atoms with van der Waals surface area (Å²) in [4.78, 5) is 26.5. The molecule has 0 spiro atoms. The van der Waals surface area contributed by atoms with Gasteiger partial charge in [0.2, 0.25) is 5.91 Å². The molecule has 1 aromatic heterocycles. The summed E-state index contributed by atoms with van der Waals surface area (Å²) in [6.45, 7) is 9.92. The molecule has 0 saturated carbocycles. The molecule has 39 heavy (non-hydrogen) atoms. The topological polar surface area (TPSA) is 78.7 Å². The Hall–Kier alpha value is -3.54. The molecule has 9 heteroatoms. The lowest BCUT2D eigenvalue weighted by Gasteiger charge is -2.40. The number of fused-ring (bicyclic) bond motifs is 2. The number of halogens is 1. The minimum Gasteiger partial charge on any atom is -0.366 e. The van der Waals surface area contributed by atoms with Gasteiger partial charge >= 0.3 is 0 Å². The van der Waals surface area contributed by atoms with Gasteiger partial charge in [-0.1, -0.05) is 43.3 Å². The predicted molar refractivity (Wildman–Crippen MR) is 159 cm³/mol. The van der Waals surface area contributed by atoms with E-state index >= 15 is 0 Å². The Morgan fingerprint density at radius 2 is 1.62 bits per heavy atom. The van der Waals surface area contributed by atoms with E-state index in [2.05, 4.69) is 68.6 Å². The van der Waals surface area contributed by atoms with Crippen molar-refractivity contribution in [3.8, 4) is 6.07 Å². The molecular formula is C30H36ClN7O. The van der Waals surface area contributed by atoms with E-state index in [0.717, 1.165) is 56.3 Å². The van der Waals surface area contributed by atoms with Crippen molar-refractivity contribution in [1.82, 2.24) is 15.2 Å². The highest BCUT2D eigenvalue weighted by molar-refractivity contribution is 5.94. The van der Waals surface area contributed by atoms with E-state index < -0.39 is 0 Å². The summed E-state index contributed by atoms with van der Waals surface area (Å²) in [5.41, 5.74) is 4.24. The quantitative estimate of drug-likeness (QED) is 0.537. The lowest BCUT2D eigenvalue weighted by molar-refractivity contribution is -0.131. The molecule has 2 fully saturated rings. The second-order valence-electron chi connectivity index (χ2n) is 10.3. The Kier molecular flexibility index (Phi) is 8.10. The van der Waals surface area contributed by atoms with Crippen molar-refractivity contribution in [3.05, 3.63) is 59.2 Å². The first-order valence-corrected chi connectivity index (χ1v) is 13.8. The smallest absolute Gasteiger partial charge is 0.222 e. The van der Waals surface area contributed by atoms with Gasteiger partial charge in [-0.3, -0.25) is 4.79 Å². The average molecular weight is 546 g/mol. The summed E-state index contributed by atoms with van der Waals surface area (Å²) in [6.07, 6.45) is 1.39. The number of nitrogens with zero attached hydrogens (tertiary/aromatic N) is 6. The van der Waals surface area contributed by atoms with Gasteiger partial charge in [0.25, 0.3) is 0 Å². The van der Waals surface area contributed by atoms with E-state index in [-0.39, 0.29) is 18.3 Å². The first kappa shape index (κ1) is 27.0. The van der Waals surface area contributed by atoms with E-state index in [1.165, 1.54) is 22.0 Å². The van der Waals surface area contributed by atoms with E-state index in [1.807, 2.05) is 11.8 Å². The predicted octanol–water partition coefficient (Wildman–Crippen LogP) is 3.56. The van der Waals surface area contributed by atoms with E-state index in [9.17, 15) is 10.1 Å². The normalized spacial score (nSPS) is 17.4. The number of rotatable bonds is 4. The van der Waals surface area contributed by atoms with Crippen molar-refractivity contribution in [2.24, 2.45) is 0 Å². The molecule has 3 aliphatic rings. The van der Waals surface area contributed by atoms with Gasteiger partial charge in [-0.25, -0.2) is 4.98 Å². The molecule has 0 bridgehead atoms. The molecule has 3 aliphatic heterocycles. The van der Waals surface area contributed by atoms with Gasteiger partial charge in [0.15, 0.2) is 0 Å². The molecule has 4 heterocycles. The Balaban J connectivity index is 0.00000308. The first-order chi connectivity index (χ1) is 18.7. The lowest BCUT2D eigenvalue weighted by Crippen LogP contribution is -2.49. The number of aromatic nitrogens is 1. The molecule has 3 aromatic rings. The summed E-state index contributed by atoms with van der Waals surface area (Å²) in [5.74, 6) is 2.01. The lowest BCUT2D eigenvalue weighted by atomic mass is 9.94. The number of hydrogen-bond donors (Lipinski definition) is 1. The number of nitrogens with one attached hydrogen (secondary N) is 1. The molecule has 1 amide bonds. The molecule has 0 unspecified atom stereocenters. The number of anilines is 3. The molecule has 2 saturated heterocycles. The van der Waals surface area contributed by atoms with E-state index in [4.69, 9.17) is 4.98 Å². The second kappa shape index (κ2) is 11.7. The van der Waals surface area contributed by atoms with E-state index in [0.29, 0.717) is 44.7 Å². The van der Waals surface area contributed by atoms with Crippen LogP contribution in [0.3, 0.4) is 0 Å².